The minimum Gasteiger partial charge on any atom is -0.368 e. The number of carbonyl (C=O) groups excluding carboxylic acids is 1. The summed E-state index contributed by atoms with van der Waals surface area (Å²) in [5.74, 6) is 1.41. The number of ether oxygens (including phenoxy) is 1. The molecule has 39 heavy (non-hydrogen) atoms. The molecule has 4 aliphatic rings. The van der Waals surface area contributed by atoms with Gasteiger partial charge in [-0.05, 0) is 117 Å². The zero-order valence-corrected chi connectivity index (χ0v) is 23.9. The number of hydrogen-bond donors (Lipinski definition) is 0. The van der Waals surface area contributed by atoms with Crippen LogP contribution in [0.4, 0.5) is 13.2 Å². The lowest BCUT2D eigenvalue weighted by Crippen LogP contribution is -2.60. The van der Waals surface area contributed by atoms with E-state index in [-0.39, 0.29) is 35.6 Å². The molecule has 4 aliphatic carbocycles. The first kappa shape index (κ1) is 28.5. The number of halogens is 3. The molecule has 0 spiro atoms. The molecule has 0 radical (unpaired) electrons. The molecule has 214 valence electrons. The highest BCUT2D eigenvalue weighted by Crippen LogP contribution is 2.66. The molecule has 0 N–H and O–H groups in total. The molecule has 0 heterocycles. The van der Waals surface area contributed by atoms with Crippen LogP contribution in [0, 0.1) is 58.2 Å². The van der Waals surface area contributed by atoms with Crippen molar-refractivity contribution in [3.8, 4) is 6.07 Å². The molecule has 0 aromatic heterocycles. The van der Waals surface area contributed by atoms with Crippen LogP contribution >= 0.6 is 0 Å². The Balaban J connectivity index is 1.31. The predicted molar refractivity (Wildman–Crippen MR) is 143 cm³/mol. The summed E-state index contributed by atoms with van der Waals surface area (Å²) in [5, 5.41) is 9.11. The molecule has 10 atom stereocenters. The third-order valence-electron chi connectivity index (χ3n) is 12.2. The second-order valence-electron chi connectivity index (χ2n) is 13.3. The summed E-state index contributed by atoms with van der Waals surface area (Å²) in [6.45, 7) is 6.13. The van der Waals surface area contributed by atoms with Gasteiger partial charge in [0.1, 0.15) is 0 Å². The van der Waals surface area contributed by atoms with Crippen molar-refractivity contribution in [2.24, 2.45) is 46.8 Å². The molecule has 4 saturated carbocycles. The zero-order chi connectivity index (χ0) is 28.3. The molecule has 1 unspecified atom stereocenters. The Morgan fingerprint density at radius 3 is 2.26 bits per heavy atom. The first-order valence-corrected chi connectivity index (χ1v) is 14.8. The monoisotopic (exact) mass is 544 g/mol. The summed E-state index contributed by atoms with van der Waals surface area (Å²) in [7, 11) is 3.13. The molecule has 7 heteroatoms. The van der Waals surface area contributed by atoms with Gasteiger partial charge >= 0.3 is 6.18 Å². The van der Waals surface area contributed by atoms with Crippen molar-refractivity contribution in [3.05, 3.63) is 35.4 Å². The molecule has 0 aliphatic heterocycles. The van der Waals surface area contributed by atoms with E-state index >= 15 is 0 Å². The summed E-state index contributed by atoms with van der Waals surface area (Å²) >= 11 is 0. The van der Waals surface area contributed by atoms with E-state index in [0.717, 1.165) is 44.1 Å². The van der Waals surface area contributed by atoms with Crippen LogP contribution in [0.3, 0.4) is 0 Å². The van der Waals surface area contributed by atoms with Crippen molar-refractivity contribution < 1.29 is 22.7 Å². The van der Waals surface area contributed by atoms with Crippen LogP contribution in [0.5, 0.6) is 0 Å². The average Bonchev–Trinajstić information content (AvgIpc) is 3.28. The van der Waals surface area contributed by atoms with Gasteiger partial charge in [0, 0.05) is 20.1 Å². The largest absolute Gasteiger partial charge is 0.417 e. The van der Waals surface area contributed by atoms with Gasteiger partial charge in [-0.3, -0.25) is 4.79 Å². The van der Waals surface area contributed by atoms with Crippen LogP contribution in [-0.2, 0) is 9.53 Å². The van der Waals surface area contributed by atoms with E-state index < -0.39 is 17.7 Å². The maximum atomic E-state index is 14.2. The van der Waals surface area contributed by atoms with Crippen LogP contribution in [0.25, 0.3) is 0 Å². The number of benzene rings is 1. The maximum absolute atomic E-state index is 14.2. The highest BCUT2D eigenvalue weighted by Gasteiger charge is 2.66. The van der Waals surface area contributed by atoms with E-state index in [9.17, 15) is 18.0 Å². The highest BCUT2D eigenvalue weighted by molar-refractivity contribution is 5.80. The minimum atomic E-state index is -4.35. The first-order chi connectivity index (χ1) is 18.4. The van der Waals surface area contributed by atoms with Gasteiger partial charge in [0.15, 0.2) is 5.60 Å². The Bertz CT molecular complexity index is 1110. The van der Waals surface area contributed by atoms with Gasteiger partial charge in [-0.15, -0.1) is 0 Å². The van der Waals surface area contributed by atoms with Crippen molar-refractivity contribution in [1.82, 2.24) is 4.90 Å². The van der Waals surface area contributed by atoms with Crippen molar-refractivity contribution in [1.29, 1.82) is 5.26 Å². The lowest BCUT2D eigenvalue weighted by Gasteiger charge is -2.59. The normalized spacial score (nSPS) is 40.5. The lowest BCUT2D eigenvalue weighted by molar-refractivity contribution is -0.311. The Morgan fingerprint density at radius 2 is 1.64 bits per heavy atom. The summed E-state index contributed by atoms with van der Waals surface area (Å²) in [6.07, 6.45) is 1.98. The number of hydrogen-bond acceptors (Lipinski definition) is 3. The van der Waals surface area contributed by atoms with Crippen LogP contribution in [0.1, 0.15) is 89.3 Å². The number of carbonyl (C=O) groups is 1. The maximum Gasteiger partial charge on any atom is 0.417 e. The fraction of sp³-hybridized carbons (Fsp3) is 0.750. The standard InChI is InChI=1S/C32H43F3N2O2/c1-19-23-10-11-26-25(24(23)15-17-31(19,39-5)32(33,34)35)14-16-30(3)27(26)12-13-28(30)29(38)37(4)20(2)22-8-6-21(18-36)7-9-22/h6-9,19-20,23-28H,10-17H2,1-5H3/t19?,20-,23-,24+,25-,26-,27+,28-,30+,31-/m1/s1. The van der Waals surface area contributed by atoms with Crippen LogP contribution in [0.2, 0.25) is 0 Å². The third kappa shape index (κ3) is 4.31. The van der Waals surface area contributed by atoms with E-state index in [1.165, 1.54) is 7.11 Å². The Kier molecular flexibility index (Phi) is 7.36. The van der Waals surface area contributed by atoms with Gasteiger partial charge in [0.05, 0.1) is 17.7 Å². The average molecular weight is 545 g/mol. The zero-order valence-electron chi connectivity index (χ0n) is 23.9. The van der Waals surface area contributed by atoms with Crippen molar-refractivity contribution in [3.63, 3.8) is 0 Å². The molecule has 4 nitrogen and oxygen atoms in total. The first-order valence-electron chi connectivity index (χ1n) is 14.8. The second kappa shape index (κ2) is 10.1. The van der Waals surface area contributed by atoms with Crippen LogP contribution < -0.4 is 0 Å². The van der Waals surface area contributed by atoms with Gasteiger partial charge in [-0.2, -0.15) is 18.4 Å². The van der Waals surface area contributed by atoms with E-state index in [2.05, 4.69) is 13.0 Å². The van der Waals surface area contributed by atoms with Gasteiger partial charge in [0.2, 0.25) is 5.91 Å². The summed E-state index contributed by atoms with van der Waals surface area (Å²) in [6, 6.07) is 9.51. The molecule has 5 rings (SSSR count). The fourth-order valence-corrected chi connectivity index (χ4v) is 9.89. The number of nitriles is 1. The van der Waals surface area contributed by atoms with Crippen molar-refractivity contribution in [2.45, 2.75) is 90.0 Å². The van der Waals surface area contributed by atoms with E-state index in [1.54, 1.807) is 19.1 Å². The minimum absolute atomic E-state index is 0.0244. The van der Waals surface area contributed by atoms with E-state index in [0.29, 0.717) is 35.7 Å². The number of alkyl halides is 3. The molecule has 0 saturated heterocycles. The van der Waals surface area contributed by atoms with E-state index in [4.69, 9.17) is 10.00 Å². The SMILES string of the molecule is CO[C@]1(C(F)(F)F)CC[C@@H]2[C@H]3CC[C@]4(C)[C@@H](C(=O)N(C)[C@H](C)c5ccc(C#N)cc5)CC[C@H]4[C@@H]3CC[C@@H]2C1C. The molecule has 1 aromatic carbocycles. The molecule has 4 fully saturated rings. The van der Waals surface area contributed by atoms with Gasteiger partial charge < -0.3 is 9.64 Å². The van der Waals surface area contributed by atoms with Crippen molar-refractivity contribution >= 4 is 5.91 Å². The smallest absolute Gasteiger partial charge is 0.368 e. The Morgan fingerprint density at radius 1 is 1.03 bits per heavy atom. The Hall–Kier alpha value is -2.07. The molecule has 1 amide bonds. The summed E-state index contributed by atoms with van der Waals surface area (Å²) in [4.78, 5) is 15.8. The van der Waals surface area contributed by atoms with Gasteiger partial charge in [-0.1, -0.05) is 26.0 Å². The fourth-order valence-electron chi connectivity index (χ4n) is 9.89. The van der Waals surface area contributed by atoms with Gasteiger partial charge in [-0.25, -0.2) is 0 Å². The topological polar surface area (TPSA) is 53.3 Å². The number of rotatable bonds is 4. The summed E-state index contributed by atoms with van der Waals surface area (Å²) in [5.41, 5.74) is -0.461. The van der Waals surface area contributed by atoms with Gasteiger partial charge in [0.25, 0.3) is 0 Å². The van der Waals surface area contributed by atoms with Crippen molar-refractivity contribution in [2.75, 3.05) is 14.2 Å². The van der Waals surface area contributed by atoms with Crippen LogP contribution in [0.15, 0.2) is 24.3 Å². The highest BCUT2D eigenvalue weighted by atomic mass is 19.4. The molecule has 0 bridgehead atoms. The number of amides is 1. The third-order valence-corrected chi connectivity index (χ3v) is 12.2. The van der Waals surface area contributed by atoms with Crippen LogP contribution in [-0.4, -0.2) is 36.7 Å². The van der Waals surface area contributed by atoms with E-state index in [1.807, 2.05) is 31.0 Å². The predicted octanol–water partition coefficient (Wildman–Crippen LogP) is 7.54. The number of nitrogens with zero attached hydrogens (tertiary/aromatic N) is 2. The quantitative estimate of drug-likeness (QED) is 0.393. The lowest BCUT2D eigenvalue weighted by atomic mass is 9.47. The molecular weight excluding hydrogens is 501 g/mol. The number of methoxy groups -OCH3 is 1. The molecular formula is C32H43F3N2O2. The Labute approximate surface area is 231 Å². The molecule has 1 aromatic rings. The second-order valence-corrected chi connectivity index (χ2v) is 13.3. The summed E-state index contributed by atoms with van der Waals surface area (Å²) < 4.78 is 47.8. The number of fused-ring (bicyclic) bond motifs is 5.